The predicted octanol–water partition coefficient (Wildman–Crippen LogP) is 3.70. The van der Waals surface area contributed by atoms with Crippen LogP contribution < -0.4 is 5.32 Å². The zero-order chi connectivity index (χ0) is 18.7. The molecule has 134 valence electrons. The molecule has 0 aliphatic carbocycles. The summed E-state index contributed by atoms with van der Waals surface area (Å²) in [5.41, 5.74) is 4.97. The van der Waals surface area contributed by atoms with Crippen molar-refractivity contribution in [1.82, 2.24) is 19.7 Å². The van der Waals surface area contributed by atoms with E-state index in [0.717, 1.165) is 41.0 Å². The number of nitrogens with zero attached hydrogens (tertiary/aromatic N) is 4. The summed E-state index contributed by atoms with van der Waals surface area (Å²) in [5.74, 6) is 0.446. The summed E-state index contributed by atoms with van der Waals surface area (Å²) in [6, 6.07) is 7.35. The Bertz CT molecular complexity index is 928. The van der Waals surface area contributed by atoms with Crippen LogP contribution in [-0.2, 0) is 13.5 Å². The quantitative estimate of drug-likeness (QED) is 0.762. The molecule has 3 aromatic rings. The fourth-order valence-electron chi connectivity index (χ4n) is 2.86. The van der Waals surface area contributed by atoms with Crippen molar-refractivity contribution in [3.05, 3.63) is 59.2 Å². The van der Waals surface area contributed by atoms with Gasteiger partial charge in [0.15, 0.2) is 5.82 Å². The molecule has 6 nitrogen and oxygen atoms in total. The lowest BCUT2D eigenvalue weighted by molar-refractivity contribution is 0.102. The molecule has 1 amide bonds. The number of anilines is 1. The van der Waals surface area contributed by atoms with Crippen LogP contribution in [0.25, 0.3) is 11.4 Å². The van der Waals surface area contributed by atoms with Crippen molar-refractivity contribution in [2.75, 3.05) is 5.32 Å². The molecule has 0 unspecified atom stereocenters. The Hall–Kier alpha value is -3.02. The molecule has 0 radical (unpaired) electrons. The Morgan fingerprint density at radius 3 is 2.54 bits per heavy atom. The van der Waals surface area contributed by atoms with Gasteiger partial charge >= 0.3 is 0 Å². The van der Waals surface area contributed by atoms with Gasteiger partial charge in [-0.05, 0) is 38.0 Å². The summed E-state index contributed by atoms with van der Waals surface area (Å²) < 4.78 is 1.76. The van der Waals surface area contributed by atoms with E-state index < -0.39 is 0 Å². The minimum Gasteiger partial charge on any atom is -0.319 e. The number of carbonyl (C=O) groups excluding carboxylic acids is 1. The summed E-state index contributed by atoms with van der Waals surface area (Å²) in [6.45, 7) is 5.93. The molecule has 0 saturated carbocycles. The second-order valence-electron chi connectivity index (χ2n) is 6.37. The van der Waals surface area contributed by atoms with Gasteiger partial charge in [-0.3, -0.25) is 9.48 Å². The van der Waals surface area contributed by atoms with Crippen LogP contribution in [0.1, 0.15) is 40.7 Å². The molecule has 0 spiro atoms. The van der Waals surface area contributed by atoms with Gasteiger partial charge in [0.25, 0.3) is 5.91 Å². The zero-order valence-electron chi connectivity index (χ0n) is 15.6. The molecular weight excluding hydrogens is 326 g/mol. The second-order valence-corrected chi connectivity index (χ2v) is 6.37. The van der Waals surface area contributed by atoms with E-state index in [2.05, 4.69) is 27.3 Å². The lowest BCUT2D eigenvalue weighted by Gasteiger charge is -2.07. The molecule has 0 saturated heterocycles. The van der Waals surface area contributed by atoms with Crippen molar-refractivity contribution in [3.63, 3.8) is 0 Å². The number of aryl methyl sites for hydroxylation is 3. The molecule has 1 N–H and O–H groups in total. The van der Waals surface area contributed by atoms with Crippen LogP contribution in [-0.4, -0.2) is 25.7 Å². The van der Waals surface area contributed by atoms with Crippen LogP contribution in [0.2, 0.25) is 0 Å². The van der Waals surface area contributed by atoms with Crippen molar-refractivity contribution in [2.24, 2.45) is 7.05 Å². The van der Waals surface area contributed by atoms with E-state index in [1.165, 1.54) is 0 Å². The fraction of sp³-hybridized carbons (Fsp3) is 0.300. The third-order valence-corrected chi connectivity index (χ3v) is 4.37. The van der Waals surface area contributed by atoms with E-state index >= 15 is 0 Å². The normalized spacial score (nSPS) is 10.8. The van der Waals surface area contributed by atoms with Gasteiger partial charge in [-0.1, -0.05) is 25.5 Å². The van der Waals surface area contributed by atoms with E-state index in [1.807, 2.05) is 51.5 Å². The maximum absolute atomic E-state index is 12.7. The molecule has 6 heteroatoms. The van der Waals surface area contributed by atoms with E-state index in [4.69, 9.17) is 0 Å². The van der Waals surface area contributed by atoms with Gasteiger partial charge in [-0.2, -0.15) is 5.10 Å². The number of hydrogen-bond acceptors (Lipinski definition) is 4. The first-order chi connectivity index (χ1) is 12.5. The first kappa shape index (κ1) is 17.8. The summed E-state index contributed by atoms with van der Waals surface area (Å²) >= 11 is 0. The van der Waals surface area contributed by atoms with Crippen LogP contribution in [0.5, 0.6) is 0 Å². The number of aromatic nitrogens is 4. The van der Waals surface area contributed by atoms with Crippen LogP contribution in [0.3, 0.4) is 0 Å². The Morgan fingerprint density at radius 2 is 1.92 bits per heavy atom. The first-order valence-corrected chi connectivity index (χ1v) is 8.72. The van der Waals surface area contributed by atoms with Gasteiger partial charge in [-0.25, -0.2) is 9.97 Å². The SMILES string of the molecule is CCCc1cnc(-c2cccc(C(=O)Nc3c(C)nn(C)c3C)c2)nc1. The molecule has 0 aliphatic rings. The Morgan fingerprint density at radius 1 is 1.19 bits per heavy atom. The number of hydrogen-bond donors (Lipinski definition) is 1. The van der Waals surface area contributed by atoms with E-state index in [-0.39, 0.29) is 5.91 Å². The van der Waals surface area contributed by atoms with Gasteiger partial charge in [0, 0.05) is 30.6 Å². The Labute approximate surface area is 153 Å². The minimum absolute atomic E-state index is 0.173. The minimum atomic E-state index is -0.173. The largest absolute Gasteiger partial charge is 0.319 e. The zero-order valence-corrected chi connectivity index (χ0v) is 15.6. The van der Waals surface area contributed by atoms with Crippen LogP contribution >= 0.6 is 0 Å². The standard InChI is InChI=1S/C20H23N5O/c1-5-7-15-11-21-19(22-12-15)16-8-6-9-17(10-16)20(26)23-18-13(2)24-25(4)14(18)3/h6,8-12H,5,7H2,1-4H3,(H,23,26). The van der Waals surface area contributed by atoms with Gasteiger partial charge in [0.1, 0.15) is 0 Å². The summed E-state index contributed by atoms with van der Waals surface area (Å²) in [5, 5.41) is 7.28. The van der Waals surface area contributed by atoms with Crippen molar-refractivity contribution in [1.29, 1.82) is 0 Å². The second kappa shape index (κ2) is 7.47. The maximum atomic E-state index is 12.7. The molecule has 2 aromatic heterocycles. The molecule has 0 aliphatic heterocycles. The van der Waals surface area contributed by atoms with Crippen molar-refractivity contribution in [2.45, 2.75) is 33.6 Å². The van der Waals surface area contributed by atoms with Crippen LogP contribution in [0.15, 0.2) is 36.7 Å². The highest BCUT2D eigenvalue weighted by molar-refractivity contribution is 6.05. The summed E-state index contributed by atoms with van der Waals surface area (Å²) in [7, 11) is 1.86. The number of amides is 1. The highest BCUT2D eigenvalue weighted by Crippen LogP contribution is 2.21. The van der Waals surface area contributed by atoms with Crippen LogP contribution in [0, 0.1) is 13.8 Å². The highest BCUT2D eigenvalue weighted by Gasteiger charge is 2.14. The van der Waals surface area contributed by atoms with Gasteiger partial charge in [0.2, 0.25) is 0 Å². The fourth-order valence-corrected chi connectivity index (χ4v) is 2.86. The number of nitrogens with one attached hydrogen (secondary N) is 1. The predicted molar refractivity (Wildman–Crippen MR) is 102 cm³/mol. The molecule has 3 rings (SSSR count). The lowest BCUT2D eigenvalue weighted by atomic mass is 10.1. The lowest BCUT2D eigenvalue weighted by Crippen LogP contribution is -2.13. The average molecular weight is 349 g/mol. The molecular formula is C20H23N5O. The van der Waals surface area contributed by atoms with Gasteiger partial charge in [0.05, 0.1) is 17.1 Å². The van der Waals surface area contributed by atoms with Gasteiger partial charge < -0.3 is 5.32 Å². The molecule has 0 atom stereocenters. The molecule has 2 heterocycles. The van der Waals surface area contributed by atoms with Gasteiger partial charge in [-0.15, -0.1) is 0 Å². The van der Waals surface area contributed by atoms with Crippen LogP contribution in [0.4, 0.5) is 5.69 Å². The smallest absolute Gasteiger partial charge is 0.255 e. The van der Waals surface area contributed by atoms with Crippen molar-refractivity contribution >= 4 is 11.6 Å². The Balaban J connectivity index is 1.83. The number of carbonyl (C=O) groups is 1. The van der Waals surface area contributed by atoms with E-state index in [1.54, 1.807) is 10.7 Å². The Kier molecular flexibility index (Phi) is 5.11. The van der Waals surface area contributed by atoms with E-state index in [9.17, 15) is 4.79 Å². The third-order valence-electron chi connectivity index (χ3n) is 4.37. The maximum Gasteiger partial charge on any atom is 0.255 e. The van der Waals surface area contributed by atoms with E-state index in [0.29, 0.717) is 11.4 Å². The monoisotopic (exact) mass is 349 g/mol. The summed E-state index contributed by atoms with van der Waals surface area (Å²) in [4.78, 5) is 21.5. The average Bonchev–Trinajstić information content (AvgIpc) is 2.89. The van der Waals surface area contributed by atoms with Crippen molar-refractivity contribution < 1.29 is 4.79 Å². The molecule has 0 fully saturated rings. The number of rotatable bonds is 5. The topological polar surface area (TPSA) is 72.7 Å². The third kappa shape index (κ3) is 3.64. The first-order valence-electron chi connectivity index (χ1n) is 8.72. The molecule has 1 aromatic carbocycles. The summed E-state index contributed by atoms with van der Waals surface area (Å²) in [6.07, 6.45) is 5.72. The van der Waals surface area contributed by atoms with Crippen molar-refractivity contribution in [3.8, 4) is 11.4 Å². The molecule has 0 bridgehead atoms. The molecule has 26 heavy (non-hydrogen) atoms. The number of benzene rings is 1. The highest BCUT2D eigenvalue weighted by atomic mass is 16.1.